The van der Waals surface area contributed by atoms with Gasteiger partial charge in [0, 0.05) is 98.2 Å². The highest BCUT2D eigenvalue weighted by Gasteiger charge is 2.66. The lowest BCUT2D eigenvalue weighted by molar-refractivity contribution is 0.317. The van der Waals surface area contributed by atoms with E-state index in [1.807, 2.05) is 0 Å². The molecule has 7 aromatic rings. The van der Waals surface area contributed by atoms with Crippen LogP contribution >= 0.6 is 0 Å². The summed E-state index contributed by atoms with van der Waals surface area (Å²) >= 11 is 0. The Morgan fingerprint density at radius 2 is 0.381 bits per heavy atom. The predicted molar refractivity (Wildman–Crippen MR) is 251 cm³/mol. The molecule has 0 saturated heterocycles. The summed E-state index contributed by atoms with van der Waals surface area (Å²) in [7, 11) is 0. The number of benzene rings is 3. The third-order valence-electron chi connectivity index (χ3n) is 16.5. The molecule has 6 bridgehead atoms. The van der Waals surface area contributed by atoms with Crippen LogP contribution < -0.4 is 0 Å². The van der Waals surface area contributed by atoms with E-state index in [1.54, 1.807) is 0 Å². The van der Waals surface area contributed by atoms with Gasteiger partial charge in [-0.3, -0.25) is 0 Å². The van der Waals surface area contributed by atoms with Crippen molar-refractivity contribution in [3.63, 3.8) is 0 Å². The average molecular weight is 799 g/mol. The maximum absolute atomic E-state index is 3.68. The van der Waals surface area contributed by atoms with Crippen molar-refractivity contribution < 1.29 is 0 Å². The van der Waals surface area contributed by atoms with E-state index in [1.165, 1.54) is 33.4 Å². The smallest absolute Gasteiger partial charge is 0.0363 e. The monoisotopic (exact) mass is 798 g/mol. The van der Waals surface area contributed by atoms with Gasteiger partial charge in [-0.15, -0.1) is 0 Å². The van der Waals surface area contributed by atoms with Crippen LogP contribution in [-0.2, 0) is 32.5 Å². The van der Waals surface area contributed by atoms with Crippen LogP contribution in [0.4, 0.5) is 0 Å². The first-order valence-electron chi connectivity index (χ1n) is 22.8. The molecule has 0 heteroatoms. The fourth-order valence-electron chi connectivity index (χ4n) is 13.5. The van der Waals surface area contributed by atoms with E-state index in [-0.39, 0.29) is 32.5 Å². The molecule has 9 aliphatic rings. The Hall–Kier alpha value is -7.32. The van der Waals surface area contributed by atoms with Crippen molar-refractivity contribution in [2.75, 3.05) is 0 Å². The lowest BCUT2D eigenvalue weighted by Crippen LogP contribution is -2.52. The zero-order valence-corrected chi connectivity index (χ0v) is 35.2. The highest BCUT2D eigenvalue weighted by Crippen LogP contribution is 2.68. The number of hydrogen-bond acceptors (Lipinski definition) is 0. The molecule has 0 spiro atoms. The van der Waals surface area contributed by atoms with Crippen LogP contribution in [0.2, 0.25) is 0 Å². The first kappa shape index (κ1) is 36.3. The van der Waals surface area contributed by atoms with Gasteiger partial charge >= 0.3 is 0 Å². The molecular formula is C63H42. The lowest BCUT2D eigenvalue weighted by Gasteiger charge is -2.53. The summed E-state index contributed by atoms with van der Waals surface area (Å²) in [5.41, 5.74) is 6.64. The van der Waals surface area contributed by atoms with E-state index < -0.39 is 0 Å². The van der Waals surface area contributed by atoms with Gasteiger partial charge in [0.05, 0.1) is 0 Å². The molecule has 63 heavy (non-hydrogen) atoms. The summed E-state index contributed by atoms with van der Waals surface area (Å²) in [5.74, 6) is 0. The number of allylic oxidation sites excluding steroid dienone is 12. The molecule has 0 radical (unpaired) electrons. The molecule has 6 unspecified atom stereocenters. The van der Waals surface area contributed by atoms with Crippen molar-refractivity contribution >= 4 is 32.3 Å². The second kappa shape index (κ2) is 13.1. The molecule has 0 amide bonds. The summed E-state index contributed by atoms with van der Waals surface area (Å²) in [6.07, 6.45) is 37.7. The van der Waals surface area contributed by atoms with Crippen molar-refractivity contribution in [1.82, 2.24) is 0 Å². The van der Waals surface area contributed by atoms with Gasteiger partial charge in [0.25, 0.3) is 0 Å². The molecule has 3 fully saturated rings. The normalized spacial score (nSPS) is 30.5. The van der Waals surface area contributed by atoms with Crippen LogP contribution in [0.1, 0.15) is 91.2 Å². The molecule has 294 valence electrons. The van der Waals surface area contributed by atoms with Crippen molar-refractivity contribution in [1.29, 1.82) is 0 Å². The van der Waals surface area contributed by atoms with Crippen LogP contribution in [-0.4, -0.2) is 0 Å². The molecule has 0 aliphatic heterocycles. The van der Waals surface area contributed by atoms with Gasteiger partial charge in [-0.2, -0.15) is 0 Å². The molecule has 0 aromatic heterocycles. The van der Waals surface area contributed by atoms with E-state index in [9.17, 15) is 0 Å². The fraction of sp³-hybridized carbons (Fsp3) is 0.238. The average Bonchev–Trinajstić information content (AvgIpc) is 3.97. The Balaban J connectivity index is 1.00. The van der Waals surface area contributed by atoms with Crippen LogP contribution in [0.3, 0.4) is 0 Å². The van der Waals surface area contributed by atoms with Crippen molar-refractivity contribution in [2.24, 2.45) is 0 Å². The lowest BCUT2D eigenvalue weighted by atomic mass is 9.47. The molecule has 6 atom stereocenters. The zero-order valence-electron chi connectivity index (χ0n) is 35.2. The highest BCUT2D eigenvalue weighted by atomic mass is 14.7. The van der Waals surface area contributed by atoms with Gasteiger partial charge in [-0.25, -0.2) is 0 Å². The molecule has 3 saturated carbocycles. The van der Waals surface area contributed by atoms with E-state index in [0.717, 1.165) is 90.1 Å². The SMILES string of the molecule is c1c2c(c#cc3ccc(c#cc4c(c#cc5ccc(c#cc6c(c#cc7ccc(c#1)cc7)C17C=CC=CC61CCC7)cc5)C15C=CC=CC41CCC5)cc3)C13C=CC=CC21CCC3. The van der Waals surface area contributed by atoms with E-state index >= 15 is 0 Å². The maximum atomic E-state index is 3.68. The van der Waals surface area contributed by atoms with Gasteiger partial charge in [0.2, 0.25) is 0 Å². The van der Waals surface area contributed by atoms with Crippen LogP contribution in [0, 0.1) is 72.8 Å². The first-order chi connectivity index (χ1) is 31.0. The minimum atomic E-state index is -0.0700. The first-order valence-corrected chi connectivity index (χ1v) is 22.8. The van der Waals surface area contributed by atoms with E-state index in [4.69, 9.17) is 0 Å². The minimum Gasteiger partial charge on any atom is -0.0721 e. The Morgan fingerprint density at radius 1 is 0.222 bits per heavy atom. The van der Waals surface area contributed by atoms with Crippen LogP contribution in [0.15, 0.2) is 146 Å². The molecule has 0 nitrogen and oxygen atoms in total. The van der Waals surface area contributed by atoms with Crippen LogP contribution in [0.5, 0.6) is 0 Å². The third-order valence-corrected chi connectivity index (χ3v) is 16.5. The molecule has 9 aliphatic carbocycles. The number of rotatable bonds is 0. The Kier molecular flexibility index (Phi) is 7.56. The largest absolute Gasteiger partial charge is 0.0721 e. The third kappa shape index (κ3) is 4.75. The van der Waals surface area contributed by atoms with Crippen LogP contribution in [0.25, 0.3) is 32.3 Å². The van der Waals surface area contributed by atoms with E-state index in [0.29, 0.717) is 0 Å². The van der Waals surface area contributed by atoms with Crippen molar-refractivity contribution in [3.05, 3.63) is 252 Å². The summed E-state index contributed by atoms with van der Waals surface area (Å²) < 4.78 is 0. The topological polar surface area (TPSA) is 0 Å². The fourth-order valence-corrected chi connectivity index (χ4v) is 13.5. The van der Waals surface area contributed by atoms with E-state index in [2.05, 4.69) is 219 Å². The van der Waals surface area contributed by atoms with Gasteiger partial charge in [-0.05, 0) is 111 Å². The molecule has 0 N–H and O–H groups in total. The minimum absolute atomic E-state index is 0.0700. The zero-order chi connectivity index (χ0) is 41.7. The summed E-state index contributed by atoms with van der Waals surface area (Å²) in [6.45, 7) is 0. The van der Waals surface area contributed by atoms with Crippen molar-refractivity contribution in [3.8, 4) is 0 Å². The number of fused-ring (bicyclic) bond motifs is 3. The quantitative estimate of drug-likeness (QED) is 0.166. The summed E-state index contributed by atoms with van der Waals surface area (Å²) in [4.78, 5) is 0. The summed E-state index contributed by atoms with van der Waals surface area (Å²) in [6, 6.07) is 68.7. The second-order valence-electron chi connectivity index (χ2n) is 19.0. The second-order valence-corrected chi connectivity index (χ2v) is 19.0. The maximum Gasteiger partial charge on any atom is 0.0363 e. The molecule has 16 rings (SSSR count). The van der Waals surface area contributed by atoms with Gasteiger partial charge < -0.3 is 0 Å². The molecule has 0 heterocycles. The Labute approximate surface area is 372 Å². The highest BCUT2D eigenvalue weighted by molar-refractivity contribution is 5.68. The Bertz CT molecular complexity index is 2590. The van der Waals surface area contributed by atoms with Crippen molar-refractivity contribution in [2.45, 2.75) is 90.3 Å². The van der Waals surface area contributed by atoms with Gasteiger partial charge in [-0.1, -0.05) is 165 Å². The predicted octanol–water partition coefficient (Wildman–Crippen LogP) is 13.2. The Morgan fingerprint density at radius 3 is 0.540 bits per heavy atom. The standard InChI is InChI=1S/C63H42/c1-2-35-59-41-7-40-58(59,34-1)52-28-22-46-10-12-48(13-11-46)24-30-54-56(62-38-4-3-36-60(54,62)42-8-44-62)32-26-50-18-20-51(21-19-50)27-33-57-55(61-37-5-6-39-63(57,61)45-9-43-61)31-25-49-16-14-47(15-17-49)23-29-53(52)59/h1-6,10-21,34-39H,7-9,40-45H2. The summed E-state index contributed by atoms with van der Waals surface area (Å²) in [5, 5.41) is 5.91. The number of hydrogen-bond donors (Lipinski definition) is 0. The molecule has 7 aromatic carbocycles. The molecular weight excluding hydrogens is 757 g/mol. The van der Waals surface area contributed by atoms with Gasteiger partial charge in [0.1, 0.15) is 0 Å². The van der Waals surface area contributed by atoms with Gasteiger partial charge in [0.15, 0.2) is 0 Å².